The summed E-state index contributed by atoms with van der Waals surface area (Å²) in [7, 11) is 1.64. The number of methoxy groups -OCH3 is 1. The van der Waals surface area contributed by atoms with Crippen molar-refractivity contribution in [2.75, 3.05) is 25.1 Å². The van der Waals surface area contributed by atoms with Gasteiger partial charge in [0.15, 0.2) is 0 Å². The van der Waals surface area contributed by atoms with Gasteiger partial charge in [0, 0.05) is 13.1 Å². The molecule has 6 nitrogen and oxygen atoms in total. The number of rotatable bonds is 3. The van der Waals surface area contributed by atoms with E-state index < -0.39 is 12.0 Å². The Kier molecular flexibility index (Phi) is 4.45. The van der Waals surface area contributed by atoms with Crippen LogP contribution < -0.4 is 9.64 Å². The summed E-state index contributed by atoms with van der Waals surface area (Å²) in [6, 6.07) is 11.4. The van der Waals surface area contributed by atoms with Gasteiger partial charge in [-0.3, -0.25) is 9.59 Å². The Labute approximate surface area is 177 Å². The van der Waals surface area contributed by atoms with E-state index in [0.717, 1.165) is 53.2 Å². The summed E-state index contributed by atoms with van der Waals surface area (Å²) in [6.07, 6.45) is 1.000. The molecular formula is C24H27N3O3. The van der Waals surface area contributed by atoms with Gasteiger partial charge in [0.25, 0.3) is 5.91 Å². The van der Waals surface area contributed by atoms with E-state index in [9.17, 15) is 9.59 Å². The third-order valence-corrected chi connectivity index (χ3v) is 6.72. The van der Waals surface area contributed by atoms with Crippen LogP contribution in [-0.2, 0) is 9.59 Å². The number of benzene rings is 2. The molecule has 5 rings (SSSR count). The lowest BCUT2D eigenvalue weighted by atomic mass is 9.90. The molecule has 2 aromatic carbocycles. The monoisotopic (exact) mass is 405 g/mol. The van der Waals surface area contributed by atoms with Gasteiger partial charge in [-0.05, 0) is 56.0 Å². The number of amides is 2. The molecule has 3 aliphatic heterocycles. The molecule has 0 aliphatic carbocycles. The van der Waals surface area contributed by atoms with E-state index in [1.54, 1.807) is 7.11 Å². The van der Waals surface area contributed by atoms with Crippen molar-refractivity contribution < 1.29 is 14.3 Å². The second kappa shape index (κ2) is 6.93. The van der Waals surface area contributed by atoms with E-state index >= 15 is 0 Å². The van der Waals surface area contributed by atoms with Crippen LogP contribution in [0.3, 0.4) is 0 Å². The van der Waals surface area contributed by atoms with E-state index in [1.807, 2.05) is 57.2 Å². The van der Waals surface area contributed by atoms with Crippen molar-refractivity contribution in [3.05, 3.63) is 58.7 Å². The molecular weight excluding hydrogens is 378 g/mol. The Bertz CT molecular complexity index is 1010. The minimum absolute atomic E-state index is 0.0877. The van der Waals surface area contributed by atoms with Crippen LogP contribution >= 0.6 is 0 Å². The highest BCUT2D eigenvalue weighted by molar-refractivity contribution is 6.24. The number of fused-ring (bicyclic) bond motifs is 3. The maximum atomic E-state index is 13.8. The van der Waals surface area contributed by atoms with Crippen LogP contribution in [0.2, 0.25) is 0 Å². The van der Waals surface area contributed by atoms with Crippen molar-refractivity contribution in [1.29, 1.82) is 0 Å². The summed E-state index contributed by atoms with van der Waals surface area (Å²) in [5.41, 5.74) is 4.87. The van der Waals surface area contributed by atoms with Gasteiger partial charge in [0.2, 0.25) is 5.91 Å². The fraction of sp³-hybridized carbons (Fsp3) is 0.417. The number of hydrogen-bond donors (Lipinski definition) is 0. The van der Waals surface area contributed by atoms with Crippen LogP contribution in [0.4, 0.5) is 5.69 Å². The van der Waals surface area contributed by atoms with Crippen LogP contribution in [0, 0.1) is 26.7 Å². The molecule has 0 bridgehead atoms. The number of ether oxygens (including phenoxy) is 1. The third kappa shape index (κ3) is 2.63. The summed E-state index contributed by atoms with van der Waals surface area (Å²) in [6.45, 7) is 7.67. The highest BCUT2D eigenvalue weighted by Gasteiger charge is 2.63. The molecule has 156 valence electrons. The number of hydrogen-bond acceptors (Lipinski definition) is 5. The summed E-state index contributed by atoms with van der Waals surface area (Å²) >= 11 is 0. The SMILES string of the molecule is COc1ccc([C@H]2[C@@H]3C(=O)N(c4c(C)cc(C)cc4C)C(=O)[C@H]3N3CCCN23)cc1. The molecule has 0 spiro atoms. The van der Waals surface area contributed by atoms with Crippen LogP contribution in [-0.4, -0.2) is 48.1 Å². The Balaban J connectivity index is 1.59. The largest absolute Gasteiger partial charge is 0.497 e. The van der Waals surface area contributed by atoms with Crippen LogP contribution in [0.1, 0.15) is 34.7 Å². The number of anilines is 1. The molecule has 0 unspecified atom stereocenters. The molecule has 0 saturated carbocycles. The quantitative estimate of drug-likeness (QED) is 0.735. The van der Waals surface area contributed by atoms with Gasteiger partial charge < -0.3 is 4.74 Å². The summed E-state index contributed by atoms with van der Waals surface area (Å²) in [4.78, 5) is 28.8. The zero-order chi connectivity index (χ0) is 21.2. The Morgan fingerprint density at radius 2 is 1.47 bits per heavy atom. The molecule has 6 heteroatoms. The van der Waals surface area contributed by atoms with Gasteiger partial charge >= 0.3 is 0 Å². The molecule has 3 aliphatic rings. The summed E-state index contributed by atoms with van der Waals surface area (Å²) in [5, 5.41) is 4.37. The first-order valence-corrected chi connectivity index (χ1v) is 10.5. The van der Waals surface area contributed by atoms with Crippen LogP contribution in [0.15, 0.2) is 36.4 Å². The Morgan fingerprint density at radius 1 is 0.867 bits per heavy atom. The highest BCUT2D eigenvalue weighted by atomic mass is 16.5. The molecule has 3 fully saturated rings. The molecule has 0 aromatic heterocycles. The Morgan fingerprint density at radius 3 is 2.07 bits per heavy atom. The minimum atomic E-state index is -0.424. The number of imide groups is 1. The van der Waals surface area contributed by atoms with Crippen molar-refractivity contribution in [3.8, 4) is 5.75 Å². The number of hydrazine groups is 1. The molecule has 0 N–H and O–H groups in total. The second-order valence-electron chi connectivity index (χ2n) is 8.63. The zero-order valence-corrected chi connectivity index (χ0v) is 17.9. The molecule has 30 heavy (non-hydrogen) atoms. The van der Waals surface area contributed by atoms with Gasteiger partial charge in [-0.15, -0.1) is 0 Å². The van der Waals surface area contributed by atoms with Gasteiger partial charge in [-0.25, -0.2) is 14.9 Å². The third-order valence-electron chi connectivity index (χ3n) is 6.72. The summed E-state index contributed by atoms with van der Waals surface area (Å²) in [5.74, 6) is 0.206. The standard InChI is InChI=1S/C24H27N3O3/c1-14-12-15(2)20(16(3)13-14)27-23(28)19-21(17-6-8-18(30-4)9-7-17)25-10-5-11-26(25)22(19)24(27)29/h6-9,12-13,19,21-22H,5,10-11H2,1-4H3/t19-,21-,22-/m0/s1. The molecule has 0 radical (unpaired) electrons. The lowest BCUT2D eigenvalue weighted by Gasteiger charge is -2.30. The fourth-order valence-corrected chi connectivity index (χ4v) is 5.66. The smallest absolute Gasteiger partial charge is 0.253 e. The number of aryl methyl sites for hydroxylation is 3. The highest BCUT2D eigenvalue weighted by Crippen LogP contribution is 2.49. The van der Waals surface area contributed by atoms with Crippen molar-refractivity contribution >= 4 is 17.5 Å². The normalized spacial score (nSPS) is 26.4. The predicted molar refractivity (Wildman–Crippen MR) is 114 cm³/mol. The fourth-order valence-electron chi connectivity index (χ4n) is 5.66. The summed E-state index contributed by atoms with van der Waals surface area (Å²) < 4.78 is 5.30. The minimum Gasteiger partial charge on any atom is -0.497 e. The van der Waals surface area contributed by atoms with Crippen molar-refractivity contribution in [1.82, 2.24) is 10.0 Å². The van der Waals surface area contributed by atoms with Crippen LogP contribution in [0.25, 0.3) is 0 Å². The molecule has 2 amide bonds. The van der Waals surface area contributed by atoms with Crippen molar-refractivity contribution in [2.24, 2.45) is 5.92 Å². The van der Waals surface area contributed by atoms with E-state index in [0.29, 0.717) is 0 Å². The number of carbonyl (C=O) groups is 2. The maximum absolute atomic E-state index is 13.8. The first-order chi connectivity index (χ1) is 14.4. The maximum Gasteiger partial charge on any atom is 0.253 e. The molecule has 2 aromatic rings. The Hall–Kier alpha value is -2.70. The number of nitrogens with zero attached hydrogens (tertiary/aromatic N) is 3. The lowest BCUT2D eigenvalue weighted by Crippen LogP contribution is -2.44. The predicted octanol–water partition coefficient (Wildman–Crippen LogP) is 3.16. The van der Waals surface area contributed by atoms with Gasteiger partial charge in [-0.2, -0.15) is 0 Å². The molecule has 3 heterocycles. The average Bonchev–Trinajstić information content (AvgIpc) is 3.35. The van der Waals surface area contributed by atoms with Gasteiger partial charge in [-0.1, -0.05) is 29.8 Å². The van der Waals surface area contributed by atoms with E-state index in [2.05, 4.69) is 10.0 Å². The van der Waals surface area contributed by atoms with E-state index in [4.69, 9.17) is 4.74 Å². The first-order valence-electron chi connectivity index (χ1n) is 10.5. The second-order valence-corrected chi connectivity index (χ2v) is 8.63. The molecule has 3 saturated heterocycles. The van der Waals surface area contributed by atoms with Gasteiger partial charge in [0.1, 0.15) is 11.8 Å². The van der Waals surface area contributed by atoms with Gasteiger partial charge in [0.05, 0.1) is 24.8 Å². The molecule has 3 atom stereocenters. The van der Waals surface area contributed by atoms with Crippen molar-refractivity contribution in [2.45, 2.75) is 39.3 Å². The van der Waals surface area contributed by atoms with Crippen molar-refractivity contribution in [3.63, 3.8) is 0 Å². The zero-order valence-electron chi connectivity index (χ0n) is 17.9. The average molecular weight is 405 g/mol. The first kappa shape index (κ1) is 19.3. The number of carbonyl (C=O) groups excluding carboxylic acids is 2. The van der Waals surface area contributed by atoms with Crippen LogP contribution in [0.5, 0.6) is 5.75 Å². The topological polar surface area (TPSA) is 53.1 Å². The van der Waals surface area contributed by atoms with E-state index in [1.165, 1.54) is 4.90 Å². The lowest BCUT2D eigenvalue weighted by molar-refractivity contribution is -0.126. The van der Waals surface area contributed by atoms with E-state index in [-0.39, 0.29) is 17.9 Å².